The summed E-state index contributed by atoms with van der Waals surface area (Å²) >= 11 is 12.8. The number of hydrogen-bond donors (Lipinski definition) is 1. The normalized spacial score (nSPS) is 10.4. The van der Waals surface area contributed by atoms with E-state index in [4.69, 9.17) is 27.9 Å². The maximum atomic E-state index is 12.4. The molecule has 1 aromatic heterocycles. The largest absolute Gasteiger partial charge is 0.489 e. The molecule has 0 saturated heterocycles. The summed E-state index contributed by atoms with van der Waals surface area (Å²) in [7, 11) is 0. The van der Waals surface area contributed by atoms with E-state index in [1.54, 1.807) is 35.7 Å². The molecule has 1 amide bonds. The molecule has 138 valence electrons. The van der Waals surface area contributed by atoms with Gasteiger partial charge in [0, 0.05) is 21.7 Å². The summed E-state index contributed by atoms with van der Waals surface area (Å²) in [6.45, 7) is 0.284. The van der Waals surface area contributed by atoms with E-state index in [0.29, 0.717) is 15.6 Å². The number of nitrogens with zero attached hydrogens (tertiary/aromatic N) is 1. The third kappa shape index (κ3) is 4.97. The number of benzene rings is 2. The molecule has 1 heterocycles. The molecule has 0 aliphatic carbocycles. The Morgan fingerprint density at radius 2 is 1.81 bits per heavy atom. The molecule has 0 radical (unpaired) electrons. The number of hydrogen-bond acceptors (Lipinski definition) is 5. The molecule has 0 aliphatic heterocycles. The summed E-state index contributed by atoms with van der Waals surface area (Å²) < 4.78 is 5.63. The number of halogens is 2. The van der Waals surface area contributed by atoms with Crippen molar-refractivity contribution in [2.45, 2.75) is 6.61 Å². The van der Waals surface area contributed by atoms with E-state index in [2.05, 4.69) is 5.32 Å². The maximum Gasteiger partial charge on any atom is 0.294 e. The van der Waals surface area contributed by atoms with Gasteiger partial charge in [0.1, 0.15) is 18.0 Å². The van der Waals surface area contributed by atoms with E-state index in [9.17, 15) is 14.9 Å². The second-order valence-corrected chi connectivity index (χ2v) is 7.22. The van der Waals surface area contributed by atoms with Crippen molar-refractivity contribution in [1.29, 1.82) is 0 Å². The lowest BCUT2D eigenvalue weighted by atomic mass is 10.2. The van der Waals surface area contributed by atoms with Crippen LogP contribution in [0.2, 0.25) is 10.0 Å². The van der Waals surface area contributed by atoms with Gasteiger partial charge in [-0.25, -0.2) is 0 Å². The first-order valence-corrected chi connectivity index (χ1v) is 9.27. The zero-order chi connectivity index (χ0) is 19.4. The first kappa shape index (κ1) is 19.2. The van der Waals surface area contributed by atoms with E-state index in [-0.39, 0.29) is 23.0 Å². The fourth-order valence-electron chi connectivity index (χ4n) is 2.21. The van der Waals surface area contributed by atoms with Gasteiger partial charge in [-0.15, -0.1) is 11.3 Å². The van der Waals surface area contributed by atoms with Gasteiger partial charge in [-0.05, 0) is 47.8 Å². The lowest BCUT2D eigenvalue weighted by Crippen LogP contribution is -2.11. The number of rotatable bonds is 6. The van der Waals surface area contributed by atoms with Crippen LogP contribution in [0.3, 0.4) is 0 Å². The Morgan fingerprint density at radius 3 is 2.52 bits per heavy atom. The molecule has 0 fully saturated rings. The zero-order valence-electron chi connectivity index (χ0n) is 13.6. The average molecular weight is 423 g/mol. The molecule has 0 spiro atoms. The van der Waals surface area contributed by atoms with Crippen LogP contribution in [0.25, 0.3) is 0 Å². The van der Waals surface area contributed by atoms with Crippen molar-refractivity contribution >= 4 is 51.8 Å². The molecule has 0 atom stereocenters. The van der Waals surface area contributed by atoms with E-state index in [1.165, 1.54) is 29.5 Å². The minimum atomic E-state index is -0.596. The molecule has 0 aliphatic rings. The van der Waals surface area contributed by atoms with Gasteiger partial charge in [0.25, 0.3) is 11.6 Å². The predicted octanol–water partition coefficient (Wildman–Crippen LogP) is 5.79. The Kier molecular flexibility index (Phi) is 5.95. The van der Waals surface area contributed by atoms with Gasteiger partial charge in [0.2, 0.25) is 0 Å². The molecular weight excluding hydrogens is 411 g/mol. The van der Waals surface area contributed by atoms with E-state index >= 15 is 0 Å². The Morgan fingerprint density at radius 1 is 1.11 bits per heavy atom. The number of carbonyl (C=O) groups excluding carboxylic acids is 1. The fraction of sp³-hybridized carbons (Fsp3) is 0.0556. The minimum absolute atomic E-state index is 0.0850. The summed E-state index contributed by atoms with van der Waals surface area (Å²) in [5.74, 6) is 0.219. The Balaban J connectivity index is 1.66. The summed E-state index contributed by atoms with van der Waals surface area (Å²) in [5.41, 5.74) is 0.631. The maximum absolute atomic E-state index is 12.4. The number of thiophene rings is 1. The molecule has 3 aromatic rings. The Labute approximate surface area is 168 Å². The van der Waals surface area contributed by atoms with Gasteiger partial charge in [-0.3, -0.25) is 14.9 Å². The van der Waals surface area contributed by atoms with Crippen molar-refractivity contribution < 1.29 is 14.5 Å². The first-order chi connectivity index (χ1) is 12.9. The van der Waals surface area contributed by atoms with Gasteiger partial charge < -0.3 is 10.1 Å². The molecule has 27 heavy (non-hydrogen) atoms. The van der Waals surface area contributed by atoms with Crippen LogP contribution >= 0.6 is 34.5 Å². The molecule has 6 nitrogen and oxygen atoms in total. The number of amides is 1. The quantitative estimate of drug-likeness (QED) is 0.402. The lowest BCUT2D eigenvalue weighted by molar-refractivity contribution is -0.383. The number of carbonyl (C=O) groups is 1. The minimum Gasteiger partial charge on any atom is -0.489 e. The van der Waals surface area contributed by atoms with Gasteiger partial charge >= 0.3 is 0 Å². The number of nitro groups is 1. The summed E-state index contributed by atoms with van der Waals surface area (Å²) in [6, 6.07) is 12.7. The average Bonchev–Trinajstić information content (AvgIpc) is 3.12. The zero-order valence-corrected chi connectivity index (χ0v) is 16.0. The van der Waals surface area contributed by atoms with Crippen LogP contribution in [0.4, 0.5) is 11.4 Å². The molecule has 0 saturated carbocycles. The molecule has 3 rings (SSSR count). The first-order valence-electron chi connectivity index (χ1n) is 7.63. The highest BCUT2D eigenvalue weighted by Gasteiger charge is 2.18. The van der Waals surface area contributed by atoms with E-state index < -0.39 is 10.8 Å². The number of nitrogens with one attached hydrogen (secondary N) is 1. The van der Waals surface area contributed by atoms with Gasteiger partial charge in [-0.1, -0.05) is 23.2 Å². The molecule has 0 bridgehead atoms. The molecule has 1 N–H and O–H groups in total. The number of anilines is 1. The standard InChI is InChI=1S/C18H12Cl2N2O4S/c19-12-1-4-14(5-2-12)26-9-11-7-17(27-10-11)18(23)21-15-6-3-13(20)8-16(15)22(24)25/h1-8,10H,9H2,(H,21,23). The second kappa shape index (κ2) is 8.39. The number of nitro benzene ring substituents is 1. The van der Waals surface area contributed by atoms with Crippen LogP contribution in [-0.4, -0.2) is 10.8 Å². The summed E-state index contributed by atoms with van der Waals surface area (Å²) in [4.78, 5) is 23.3. The van der Waals surface area contributed by atoms with Crippen molar-refractivity contribution in [3.63, 3.8) is 0 Å². The van der Waals surface area contributed by atoms with Crippen molar-refractivity contribution in [3.8, 4) is 5.75 Å². The van der Waals surface area contributed by atoms with Crippen molar-refractivity contribution in [2.24, 2.45) is 0 Å². The van der Waals surface area contributed by atoms with Crippen LogP contribution in [-0.2, 0) is 6.61 Å². The lowest BCUT2D eigenvalue weighted by Gasteiger charge is -2.05. The van der Waals surface area contributed by atoms with Crippen molar-refractivity contribution in [3.05, 3.63) is 84.5 Å². The highest BCUT2D eigenvalue weighted by atomic mass is 35.5. The van der Waals surface area contributed by atoms with Gasteiger partial charge in [0.15, 0.2) is 0 Å². The van der Waals surface area contributed by atoms with Crippen molar-refractivity contribution in [2.75, 3.05) is 5.32 Å². The Hall–Kier alpha value is -2.61. The fourth-order valence-corrected chi connectivity index (χ4v) is 3.30. The smallest absolute Gasteiger partial charge is 0.294 e. The monoisotopic (exact) mass is 422 g/mol. The van der Waals surface area contributed by atoms with Crippen LogP contribution in [0.5, 0.6) is 5.75 Å². The highest BCUT2D eigenvalue weighted by molar-refractivity contribution is 7.12. The van der Waals surface area contributed by atoms with Crippen LogP contribution in [0.15, 0.2) is 53.9 Å². The summed E-state index contributed by atoms with van der Waals surface area (Å²) in [5, 5.41) is 16.3. The van der Waals surface area contributed by atoms with E-state index in [0.717, 1.165) is 5.56 Å². The van der Waals surface area contributed by atoms with Crippen LogP contribution < -0.4 is 10.1 Å². The molecule has 9 heteroatoms. The topological polar surface area (TPSA) is 81.5 Å². The van der Waals surface area contributed by atoms with Crippen LogP contribution in [0.1, 0.15) is 15.2 Å². The number of ether oxygens (including phenoxy) is 1. The van der Waals surface area contributed by atoms with Gasteiger partial charge in [-0.2, -0.15) is 0 Å². The van der Waals surface area contributed by atoms with Gasteiger partial charge in [0.05, 0.1) is 9.80 Å². The van der Waals surface area contributed by atoms with Crippen LogP contribution in [0, 0.1) is 10.1 Å². The SMILES string of the molecule is O=C(Nc1ccc(Cl)cc1[N+](=O)[O-])c1cc(COc2ccc(Cl)cc2)cs1. The predicted molar refractivity (Wildman–Crippen MR) is 106 cm³/mol. The second-order valence-electron chi connectivity index (χ2n) is 5.43. The third-order valence-corrected chi connectivity index (χ3v) is 4.97. The van der Waals surface area contributed by atoms with Crippen molar-refractivity contribution in [1.82, 2.24) is 0 Å². The molecular formula is C18H12Cl2N2O4S. The molecule has 2 aromatic carbocycles. The highest BCUT2D eigenvalue weighted by Crippen LogP contribution is 2.29. The molecule has 0 unspecified atom stereocenters. The Bertz CT molecular complexity index is 989. The summed E-state index contributed by atoms with van der Waals surface area (Å²) in [6.07, 6.45) is 0. The third-order valence-electron chi connectivity index (χ3n) is 3.50. The van der Waals surface area contributed by atoms with E-state index in [1.807, 2.05) is 0 Å².